The molecule has 74 valence electrons. The van der Waals surface area contributed by atoms with Crippen LogP contribution in [0.2, 0.25) is 0 Å². The Morgan fingerprint density at radius 1 is 1.36 bits per heavy atom. The van der Waals surface area contributed by atoms with Gasteiger partial charge in [-0.15, -0.1) is 0 Å². The maximum Gasteiger partial charge on any atom is 0.199 e. The monoisotopic (exact) mass is 197 g/mol. The number of nitrogens with zero attached hydrogens (tertiary/aromatic N) is 2. The topological polar surface area (TPSA) is 41.6 Å². The molecule has 5 heteroatoms. The second-order valence-electron chi connectivity index (χ2n) is 3.05. The van der Waals surface area contributed by atoms with E-state index in [4.69, 9.17) is 5.73 Å². The summed E-state index contributed by atoms with van der Waals surface area (Å²) in [7, 11) is 0. The summed E-state index contributed by atoms with van der Waals surface area (Å²) in [6.45, 7) is 0. The molecule has 0 amide bonds. The van der Waals surface area contributed by atoms with Crippen molar-refractivity contribution in [3.05, 3.63) is 30.1 Å². The Kier molecular flexibility index (Phi) is 2.07. The van der Waals surface area contributed by atoms with Gasteiger partial charge in [0.15, 0.2) is 6.30 Å². The van der Waals surface area contributed by atoms with E-state index in [1.54, 1.807) is 0 Å². The van der Waals surface area contributed by atoms with Crippen LogP contribution >= 0.6 is 0 Å². The fraction of sp³-hybridized carbons (Fsp3) is 0.222. The van der Waals surface area contributed by atoms with E-state index in [1.165, 1.54) is 24.3 Å². The van der Waals surface area contributed by atoms with Crippen LogP contribution < -0.4 is 10.7 Å². The molecule has 1 heterocycles. The van der Waals surface area contributed by atoms with Crippen molar-refractivity contribution >= 4 is 11.5 Å². The van der Waals surface area contributed by atoms with Crippen LogP contribution in [0.15, 0.2) is 29.4 Å². The first kappa shape index (κ1) is 8.93. The third kappa shape index (κ3) is 1.53. The Morgan fingerprint density at radius 2 is 2.00 bits per heavy atom. The molecule has 14 heavy (non-hydrogen) atoms. The minimum Gasteiger partial charge on any atom is -0.386 e. The number of benzene rings is 1. The van der Waals surface area contributed by atoms with Crippen molar-refractivity contribution in [2.45, 2.75) is 12.7 Å². The summed E-state index contributed by atoms with van der Waals surface area (Å²) in [5.41, 5.74) is 5.88. The quantitative estimate of drug-likeness (QED) is 0.695. The largest absolute Gasteiger partial charge is 0.386 e. The first-order valence-electron chi connectivity index (χ1n) is 4.18. The lowest BCUT2D eigenvalue weighted by Gasteiger charge is -2.16. The Labute approximate surface area is 79.8 Å². The van der Waals surface area contributed by atoms with Crippen LogP contribution in [0.4, 0.5) is 14.5 Å². The normalized spacial score (nSPS) is 21.1. The lowest BCUT2D eigenvalue weighted by atomic mass is 10.3. The number of alkyl halides is 1. The van der Waals surface area contributed by atoms with Gasteiger partial charge in [0.2, 0.25) is 0 Å². The molecular weight excluding hydrogens is 188 g/mol. The molecule has 2 N–H and O–H groups in total. The first-order chi connectivity index (χ1) is 6.66. The number of hydrazone groups is 1. The Bertz CT molecular complexity index is 361. The van der Waals surface area contributed by atoms with Crippen molar-refractivity contribution in [3.63, 3.8) is 0 Å². The molecule has 1 atom stereocenters. The Balaban J connectivity index is 2.27. The van der Waals surface area contributed by atoms with Crippen LogP contribution in [0.1, 0.15) is 6.42 Å². The van der Waals surface area contributed by atoms with Crippen LogP contribution in [-0.2, 0) is 0 Å². The Hall–Kier alpha value is -1.65. The lowest BCUT2D eigenvalue weighted by Crippen LogP contribution is -2.21. The number of anilines is 1. The van der Waals surface area contributed by atoms with Crippen LogP contribution in [-0.4, -0.2) is 12.1 Å². The number of halogens is 2. The summed E-state index contributed by atoms with van der Waals surface area (Å²) >= 11 is 0. The molecule has 3 nitrogen and oxygen atoms in total. The molecule has 0 aromatic heterocycles. The molecule has 0 aliphatic carbocycles. The van der Waals surface area contributed by atoms with E-state index in [-0.39, 0.29) is 18.1 Å². The highest BCUT2D eigenvalue weighted by atomic mass is 19.1. The summed E-state index contributed by atoms with van der Waals surface area (Å²) in [6.07, 6.45) is -1.15. The number of hydrogen-bond acceptors (Lipinski definition) is 3. The van der Waals surface area contributed by atoms with E-state index in [0.717, 1.165) is 5.01 Å². The zero-order valence-corrected chi connectivity index (χ0v) is 7.32. The number of rotatable bonds is 1. The van der Waals surface area contributed by atoms with Crippen molar-refractivity contribution in [2.24, 2.45) is 10.8 Å². The van der Waals surface area contributed by atoms with Gasteiger partial charge in [0.05, 0.1) is 12.1 Å². The van der Waals surface area contributed by atoms with Gasteiger partial charge in [0, 0.05) is 0 Å². The highest BCUT2D eigenvalue weighted by Gasteiger charge is 2.25. The highest BCUT2D eigenvalue weighted by Crippen LogP contribution is 2.24. The van der Waals surface area contributed by atoms with Crippen molar-refractivity contribution < 1.29 is 8.78 Å². The molecule has 1 unspecified atom stereocenters. The van der Waals surface area contributed by atoms with Gasteiger partial charge in [0.25, 0.3) is 0 Å². The predicted molar refractivity (Wildman–Crippen MR) is 50.0 cm³/mol. The van der Waals surface area contributed by atoms with E-state index >= 15 is 0 Å². The summed E-state index contributed by atoms with van der Waals surface area (Å²) in [6, 6.07) is 5.44. The van der Waals surface area contributed by atoms with Crippen molar-refractivity contribution in [1.82, 2.24) is 0 Å². The molecule has 1 aromatic carbocycles. The average Bonchev–Trinajstić information content (AvgIpc) is 2.47. The summed E-state index contributed by atoms with van der Waals surface area (Å²) < 4.78 is 25.8. The van der Waals surface area contributed by atoms with Gasteiger partial charge in [-0.05, 0) is 24.3 Å². The lowest BCUT2D eigenvalue weighted by molar-refractivity contribution is 0.345. The SMILES string of the molecule is NC1=NN(c2ccc(F)cc2)C(F)C1. The molecule has 1 aliphatic heterocycles. The molecule has 2 rings (SSSR count). The molecular formula is C9H9F2N3. The molecule has 0 saturated heterocycles. The van der Waals surface area contributed by atoms with Gasteiger partial charge in [-0.1, -0.05) is 0 Å². The highest BCUT2D eigenvalue weighted by molar-refractivity contribution is 5.84. The van der Waals surface area contributed by atoms with Crippen molar-refractivity contribution in [2.75, 3.05) is 5.01 Å². The number of hydrogen-bond donors (Lipinski definition) is 1. The average molecular weight is 197 g/mol. The number of nitrogens with two attached hydrogens (primary N) is 1. The zero-order valence-electron chi connectivity index (χ0n) is 7.32. The zero-order chi connectivity index (χ0) is 10.1. The van der Waals surface area contributed by atoms with Gasteiger partial charge in [0.1, 0.15) is 11.7 Å². The smallest absolute Gasteiger partial charge is 0.199 e. The van der Waals surface area contributed by atoms with Gasteiger partial charge < -0.3 is 5.73 Å². The molecule has 1 aromatic rings. The molecule has 0 saturated carbocycles. The molecule has 1 aliphatic rings. The molecule has 0 bridgehead atoms. The number of amidine groups is 1. The van der Waals surface area contributed by atoms with Gasteiger partial charge >= 0.3 is 0 Å². The van der Waals surface area contributed by atoms with Crippen molar-refractivity contribution in [3.8, 4) is 0 Å². The van der Waals surface area contributed by atoms with Gasteiger partial charge in [-0.25, -0.2) is 13.8 Å². The van der Waals surface area contributed by atoms with E-state index < -0.39 is 6.30 Å². The minimum absolute atomic E-state index is 0.0946. The minimum atomic E-state index is -1.25. The Morgan fingerprint density at radius 3 is 2.50 bits per heavy atom. The van der Waals surface area contributed by atoms with E-state index in [1.807, 2.05) is 0 Å². The van der Waals surface area contributed by atoms with Crippen molar-refractivity contribution in [1.29, 1.82) is 0 Å². The standard InChI is InChI=1S/C9H9F2N3/c10-6-1-3-7(4-2-6)14-8(11)5-9(12)13-14/h1-4,8H,5H2,(H2,12,13). The van der Waals surface area contributed by atoms with E-state index in [0.29, 0.717) is 5.69 Å². The maximum absolute atomic E-state index is 13.3. The van der Waals surface area contributed by atoms with Crippen LogP contribution in [0, 0.1) is 5.82 Å². The fourth-order valence-electron chi connectivity index (χ4n) is 1.31. The third-order valence-corrected chi connectivity index (χ3v) is 1.97. The van der Waals surface area contributed by atoms with E-state index in [9.17, 15) is 8.78 Å². The molecule has 0 radical (unpaired) electrons. The predicted octanol–water partition coefficient (Wildman–Crippen LogP) is 1.60. The van der Waals surface area contributed by atoms with Crippen LogP contribution in [0.25, 0.3) is 0 Å². The van der Waals surface area contributed by atoms with E-state index in [2.05, 4.69) is 5.10 Å². The summed E-state index contributed by atoms with van der Waals surface area (Å²) in [4.78, 5) is 0. The maximum atomic E-state index is 13.3. The third-order valence-electron chi connectivity index (χ3n) is 1.97. The second kappa shape index (κ2) is 3.25. The first-order valence-corrected chi connectivity index (χ1v) is 4.18. The van der Waals surface area contributed by atoms with Crippen LogP contribution in [0.3, 0.4) is 0 Å². The summed E-state index contributed by atoms with van der Waals surface area (Å²) in [5.74, 6) is -0.109. The van der Waals surface area contributed by atoms with Gasteiger partial charge in [-0.2, -0.15) is 5.10 Å². The fourth-order valence-corrected chi connectivity index (χ4v) is 1.31. The van der Waals surface area contributed by atoms with Crippen LogP contribution in [0.5, 0.6) is 0 Å². The van der Waals surface area contributed by atoms with Gasteiger partial charge in [-0.3, -0.25) is 0 Å². The summed E-state index contributed by atoms with van der Waals surface area (Å²) in [5, 5.41) is 4.95. The molecule has 0 spiro atoms. The molecule has 0 fully saturated rings. The second-order valence-corrected chi connectivity index (χ2v) is 3.05.